The molecule has 0 fully saturated rings. The number of benzene rings is 2. The maximum Gasteiger partial charge on any atom is 0.264 e. The van der Waals surface area contributed by atoms with Crippen molar-refractivity contribution in [2.75, 3.05) is 6.79 Å². The van der Waals surface area contributed by atoms with Crippen molar-refractivity contribution >= 4 is 16.9 Å². The maximum absolute atomic E-state index is 13.2. The monoisotopic (exact) mass is 435 g/mol. The molecule has 0 aliphatic carbocycles. The molecule has 2 aromatic heterocycles. The molecule has 1 amide bonds. The third-order valence-electron chi connectivity index (χ3n) is 5.13. The Balaban J connectivity index is 1.24. The van der Waals surface area contributed by atoms with Gasteiger partial charge in [0.25, 0.3) is 5.56 Å². The second-order valence-corrected chi connectivity index (χ2v) is 7.23. The quantitative estimate of drug-likeness (QED) is 0.498. The van der Waals surface area contributed by atoms with Crippen molar-refractivity contribution in [3.05, 3.63) is 76.7 Å². The summed E-state index contributed by atoms with van der Waals surface area (Å²) in [7, 11) is 0. The Kier molecular flexibility index (Phi) is 5.02. The van der Waals surface area contributed by atoms with Crippen LogP contribution in [0.4, 0.5) is 4.39 Å². The Morgan fingerprint density at radius 3 is 2.78 bits per heavy atom. The fraction of sp³-hybridized carbons (Fsp3) is 0.182. The number of fused-ring (bicyclic) bond motifs is 2. The molecule has 0 bridgehead atoms. The molecule has 5 rings (SSSR count). The summed E-state index contributed by atoms with van der Waals surface area (Å²) in [6, 6.07) is 11.2. The highest BCUT2D eigenvalue weighted by Crippen LogP contribution is 2.32. The van der Waals surface area contributed by atoms with Crippen molar-refractivity contribution in [2.45, 2.75) is 19.5 Å². The van der Waals surface area contributed by atoms with Gasteiger partial charge in [-0.15, -0.1) is 0 Å². The van der Waals surface area contributed by atoms with Gasteiger partial charge in [-0.1, -0.05) is 6.07 Å². The first-order valence-electron chi connectivity index (χ1n) is 9.93. The summed E-state index contributed by atoms with van der Waals surface area (Å²) in [4.78, 5) is 29.4. The number of amides is 1. The predicted octanol–water partition coefficient (Wildman–Crippen LogP) is 2.16. The van der Waals surface area contributed by atoms with E-state index in [1.807, 2.05) is 12.1 Å². The second kappa shape index (κ2) is 8.14. The number of nitrogens with zero attached hydrogens (tertiary/aromatic N) is 4. The van der Waals surface area contributed by atoms with Gasteiger partial charge in [0, 0.05) is 19.5 Å². The minimum atomic E-state index is -0.364. The van der Waals surface area contributed by atoms with Gasteiger partial charge in [-0.3, -0.25) is 14.2 Å². The van der Waals surface area contributed by atoms with Gasteiger partial charge in [-0.25, -0.2) is 14.1 Å². The number of rotatable bonds is 6. The summed E-state index contributed by atoms with van der Waals surface area (Å²) in [6.45, 7) is 0.712. The third kappa shape index (κ3) is 3.78. The van der Waals surface area contributed by atoms with Gasteiger partial charge in [0.2, 0.25) is 12.7 Å². The summed E-state index contributed by atoms with van der Waals surface area (Å²) in [6.07, 6.45) is 2.92. The molecule has 10 heteroatoms. The summed E-state index contributed by atoms with van der Waals surface area (Å²) in [5.74, 6) is 0.781. The molecule has 1 N–H and O–H groups in total. The number of carbonyl (C=O) groups is 1. The molecule has 9 nitrogen and oxygen atoms in total. The lowest BCUT2D eigenvalue weighted by atomic mass is 10.2. The number of aryl methyl sites for hydroxylation is 1. The average Bonchev–Trinajstić information content (AvgIpc) is 3.45. The summed E-state index contributed by atoms with van der Waals surface area (Å²) < 4.78 is 26.6. The molecule has 3 heterocycles. The summed E-state index contributed by atoms with van der Waals surface area (Å²) in [5.41, 5.74) is 1.54. The van der Waals surface area contributed by atoms with Crippen molar-refractivity contribution in [3.63, 3.8) is 0 Å². The van der Waals surface area contributed by atoms with Crippen molar-refractivity contribution in [1.29, 1.82) is 0 Å². The van der Waals surface area contributed by atoms with Gasteiger partial charge in [0.1, 0.15) is 11.2 Å². The van der Waals surface area contributed by atoms with Crippen LogP contribution in [0.3, 0.4) is 0 Å². The Morgan fingerprint density at radius 2 is 1.94 bits per heavy atom. The van der Waals surface area contributed by atoms with Gasteiger partial charge < -0.3 is 14.8 Å². The van der Waals surface area contributed by atoms with Crippen molar-refractivity contribution < 1.29 is 18.7 Å². The molecule has 32 heavy (non-hydrogen) atoms. The minimum Gasteiger partial charge on any atom is -0.454 e. The Bertz CT molecular complexity index is 1360. The lowest BCUT2D eigenvalue weighted by Gasteiger charge is -2.08. The first-order chi connectivity index (χ1) is 15.6. The Morgan fingerprint density at radius 1 is 1.12 bits per heavy atom. The van der Waals surface area contributed by atoms with Crippen LogP contribution in [0.1, 0.15) is 12.0 Å². The van der Waals surface area contributed by atoms with Crippen LogP contribution in [0.15, 0.2) is 59.8 Å². The SMILES string of the molecule is O=C(CCn1cnc2c(cnn2-c2ccc(F)cc2)c1=O)NCc1ccc2c(c1)OCO2. The molecule has 0 saturated carbocycles. The molecule has 0 atom stereocenters. The van der Waals surface area contributed by atoms with Gasteiger partial charge >= 0.3 is 0 Å². The third-order valence-corrected chi connectivity index (χ3v) is 5.13. The van der Waals surface area contributed by atoms with Crippen LogP contribution in [-0.4, -0.2) is 32.0 Å². The molecule has 0 spiro atoms. The van der Waals surface area contributed by atoms with E-state index in [2.05, 4.69) is 15.4 Å². The molecule has 0 unspecified atom stereocenters. The molecular formula is C22H18FN5O4. The summed E-state index contributed by atoms with van der Waals surface area (Å²) >= 11 is 0. The highest BCUT2D eigenvalue weighted by atomic mass is 19.1. The van der Waals surface area contributed by atoms with Crippen LogP contribution in [0.5, 0.6) is 11.5 Å². The molecule has 1 aliphatic heterocycles. The number of halogens is 1. The van der Waals surface area contributed by atoms with Crippen LogP contribution in [-0.2, 0) is 17.9 Å². The Labute approximate surface area is 181 Å². The first kappa shape index (κ1) is 19.7. The van der Waals surface area contributed by atoms with Gasteiger partial charge in [-0.05, 0) is 42.0 Å². The fourth-order valence-electron chi connectivity index (χ4n) is 3.44. The molecule has 2 aromatic carbocycles. The van der Waals surface area contributed by atoms with E-state index < -0.39 is 0 Å². The van der Waals surface area contributed by atoms with Crippen LogP contribution in [0, 0.1) is 5.82 Å². The molecule has 0 radical (unpaired) electrons. The summed E-state index contributed by atoms with van der Waals surface area (Å²) in [5, 5.41) is 7.35. The zero-order valence-electron chi connectivity index (χ0n) is 16.8. The van der Waals surface area contributed by atoms with E-state index in [0.717, 1.165) is 5.56 Å². The number of nitrogens with one attached hydrogen (secondary N) is 1. The number of ether oxygens (including phenoxy) is 2. The fourth-order valence-corrected chi connectivity index (χ4v) is 3.44. The zero-order valence-corrected chi connectivity index (χ0v) is 16.8. The standard InChI is InChI=1S/C22H18FN5O4/c23-15-2-4-16(5-3-15)28-21-17(11-26-28)22(30)27(12-25-21)8-7-20(29)24-10-14-1-6-18-19(9-14)32-13-31-18/h1-6,9,11-12H,7-8,10,13H2,(H,24,29). The van der Waals surface area contributed by atoms with Gasteiger partial charge in [0.15, 0.2) is 17.1 Å². The molecule has 0 saturated heterocycles. The van der Waals surface area contributed by atoms with E-state index >= 15 is 0 Å². The van der Waals surface area contributed by atoms with Crippen LogP contribution in [0.2, 0.25) is 0 Å². The lowest BCUT2D eigenvalue weighted by molar-refractivity contribution is -0.121. The van der Waals surface area contributed by atoms with Gasteiger partial charge in [0.05, 0.1) is 18.2 Å². The van der Waals surface area contributed by atoms with Crippen LogP contribution >= 0.6 is 0 Å². The average molecular weight is 435 g/mol. The largest absolute Gasteiger partial charge is 0.454 e. The van der Waals surface area contributed by atoms with Crippen molar-refractivity contribution in [3.8, 4) is 17.2 Å². The minimum absolute atomic E-state index is 0.115. The van der Waals surface area contributed by atoms with Crippen molar-refractivity contribution in [1.82, 2.24) is 24.6 Å². The first-order valence-corrected chi connectivity index (χ1v) is 9.93. The smallest absolute Gasteiger partial charge is 0.264 e. The number of aromatic nitrogens is 4. The van der Waals surface area contributed by atoms with E-state index in [1.165, 1.54) is 33.9 Å². The normalized spacial score (nSPS) is 12.3. The highest BCUT2D eigenvalue weighted by molar-refractivity contribution is 5.76. The van der Waals surface area contributed by atoms with E-state index in [-0.39, 0.29) is 37.0 Å². The topological polar surface area (TPSA) is 100 Å². The molecule has 162 valence electrons. The Hall–Kier alpha value is -4.21. The zero-order chi connectivity index (χ0) is 22.1. The van der Waals surface area contributed by atoms with Crippen LogP contribution < -0.4 is 20.3 Å². The van der Waals surface area contributed by atoms with E-state index in [0.29, 0.717) is 34.8 Å². The van der Waals surface area contributed by atoms with E-state index in [4.69, 9.17) is 9.47 Å². The number of carbonyl (C=O) groups excluding carboxylic acids is 1. The van der Waals surface area contributed by atoms with Crippen molar-refractivity contribution in [2.24, 2.45) is 0 Å². The van der Waals surface area contributed by atoms with E-state index in [9.17, 15) is 14.0 Å². The molecule has 4 aromatic rings. The van der Waals surface area contributed by atoms with Gasteiger partial charge in [-0.2, -0.15) is 5.10 Å². The number of hydrogen-bond donors (Lipinski definition) is 1. The lowest BCUT2D eigenvalue weighted by Crippen LogP contribution is -2.27. The second-order valence-electron chi connectivity index (χ2n) is 7.23. The highest BCUT2D eigenvalue weighted by Gasteiger charge is 2.14. The maximum atomic E-state index is 13.2. The molecular weight excluding hydrogens is 417 g/mol. The van der Waals surface area contributed by atoms with E-state index in [1.54, 1.807) is 18.2 Å². The van der Waals surface area contributed by atoms with Crippen LogP contribution in [0.25, 0.3) is 16.7 Å². The molecule has 1 aliphatic rings. The number of hydrogen-bond acceptors (Lipinski definition) is 6. The predicted molar refractivity (Wildman–Crippen MR) is 112 cm³/mol.